The molecule has 18 heavy (non-hydrogen) atoms. The van der Waals surface area contributed by atoms with Crippen molar-refractivity contribution in [3.63, 3.8) is 0 Å². The maximum Gasteiger partial charge on any atom is 0.311 e. The lowest BCUT2D eigenvalue weighted by molar-refractivity contribution is -0.240. The highest BCUT2D eigenvalue weighted by Gasteiger charge is 2.52. The molecule has 102 valence electrons. The standard InChI is InChI=1S/C15H24O3/c1-8-4-6-12-10(3)14(16)18-15-13(12)11(8)7-5-9(2)17-15/h8-13,15H,4-7H2,1-3H3/t8-,9+,10-,11?,12+,13-,15+/m1/s1. The Balaban J connectivity index is 1.92. The fraction of sp³-hybridized carbons (Fsp3) is 0.933. The number of rotatable bonds is 0. The van der Waals surface area contributed by atoms with Gasteiger partial charge in [-0.05, 0) is 43.9 Å². The Morgan fingerprint density at radius 1 is 1.00 bits per heavy atom. The minimum absolute atomic E-state index is 0.0522. The van der Waals surface area contributed by atoms with Gasteiger partial charge in [-0.25, -0.2) is 0 Å². The van der Waals surface area contributed by atoms with Crippen LogP contribution in [0.2, 0.25) is 0 Å². The van der Waals surface area contributed by atoms with Crippen molar-refractivity contribution in [2.45, 2.75) is 58.8 Å². The van der Waals surface area contributed by atoms with Gasteiger partial charge in [-0.3, -0.25) is 4.79 Å². The predicted molar refractivity (Wildman–Crippen MR) is 67.7 cm³/mol. The number of carbonyl (C=O) groups is 1. The van der Waals surface area contributed by atoms with Gasteiger partial charge in [0.1, 0.15) is 0 Å². The van der Waals surface area contributed by atoms with E-state index in [1.54, 1.807) is 0 Å². The van der Waals surface area contributed by atoms with Gasteiger partial charge >= 0.3 is 5.97 Å². The van der Waals surface area contributed by atoms with Gasteiger partial charge in [0.25, 0.3) is 0 Å². The second-order valence-corrected chi connectivity index (χ2v) is 6.58. The normalized spacial score (nSPS) is 52.2. The van der Waals surface area contributed by atoms with Gasteiger partial charge in [-0.1, -0.05) is 20.3 Å². The highest BCUT2D eigenvalue weighted by molar-refractivity contribution is 5.73. The number of carbonyl (C=O) groups excluding carboxylic acids is 1. The molecule has 3 rings (SSSR count). The van der Waals surface area contributed by atoms with Gasteiger partial charge in [-0.2, -0.15) is 0 Å². The molecule has 0 N–H and O–H groups in total. The molecule has 7 atom stereocenters. The van der Waals surface area contributed by atoms with Gasteiger partial charge in [0.05, 0.1) is 12.0 Å². The largest absolute Gasteiger partial charge is 0.435 e. The van der Waals surface area contributed by atoms with E-state index < -0.39 is 0 Å². The number of hydrogen-bond acceptors (Lipinski definition) is 3. The van der Waals surface area contributed by atoms with E-state index in [1.165, 1.54) is 12.8 Å². The zero-order chi connectivity index (χ0) is 12.9. The summed E-state index contributed by atoms with van der Waals surface area (Å²) < 4.78 is 11.6. The fourth-order valence-electron chi connectivity index (χ4n) is 4.34. The predicted octanol–water partition coefficient (Wildman–Crippen LogP) is 2.98. The smallest absolute Gasteiger partial charge is 0.311 e. The maximum absolute atomic E-state index is 11.9. The topological polar surface area (TPSA) is 35.5 Å². The summed E-state index contributed by atoms with van der Waals surface area (Å²) in [5.74, 6) is 2.33. The summed E-state index contributed by atoms with van der Waals surface area (Å²) in [6.07, 6.45) is 4.68. The lowest BCUT2D eigenvalue weighted by atomic mass is 9.61. The summed E-state index contributed by atoms with van der Waals surface area (Å²) in [6, 6.07) is 0. The van der Waals surface area contributed by atoms with Crippen LogP contribution in [0.3, 0.4) is 0 Å². The average molecular weight is 252 g/mol. The van der Waals surface area contributed by atoms with E-state index in [9.17, 15) is 4.79 Å². The molecule has 1 saturated carbocycles. The molecule has 0 bridgehead atoms. The van der Waals surface area contributed by atoms with Crippen LogP contribution in [0.25, 0.3) is 0 Å². The number of ether oxygens (including phenoxy) is 2. The Kier molecular flexibility index (Phi) is 3.13. The first kappa shape index (κ1) is 12.5. The summed E-state index contributed by atoms with van der Waals surface area (Å²) in [6.45, 7) is 6.49. The lowest BCUT2D eigenvalue weighted by Crippen LogP contribution is -2.51. The zero-order valence-corrected chi connectivity index (χ0v) is 11.6. The molecule has 1 unspecified atom stereocenters. The van der Waals surface area contributed by atoms with Gasteiger partial charge in [-0.15, -0.1) is 0 Å². The Hall–Kier alpha value is -0.570. The SMILES string of the molecule is C[C@@H]1CC[C@@H]2[C@H]3C1CC[C@H](C)O[C@H]3OC(=O)[C@@H]2C. The van der Waals surface area contributed by atoms with Crippen molar-refractivity contribution in [1.29, 1.82) is 0 Å². The van der Waals surface area contributed by atoms with Crippen molar-refractivity contribution >= 4 is 5.97 Å². The number of hydrogen-bond donors (Lipinski definition) is 0. The molecule has 3 aliphatic rings. The molecule has 3 nitrogen and oxygen atoms in total. The first-order valence-electron chi connectivity index (χ1n) is 7.44. The summed E-state index contributed by atoms with van der Waals surface area (Å²) in [7, 11) is 0. The summed E-state index contributed by atoms with van der Waals surface area (Å²) in [4.78, 5) is 11.9. The molecule has 0 radical (unpaired) electrons. The van der Waals surface area contributed by atoms with E-state index in [-0.39, 0.29) is 24.3 Å². The molecule has 2 heterocycles. The minimum Gasteiger partial charge on any atom is -0.435 e. The fourth-order valence-corrected chi connectivity index (χ4v) is 4.34. The Bertz CT molecular complexity index is 341. The highest BCUT2D eigenvalue weighted by atomic mass is 16.7. The van der Waals surface area contributed by atoms with Crippen molar-refractivity contribution in [3.05, 3.63) is 0 Å². The Labute approximate surface area is 109 Å². The van der Waals surface area contributed by atoms with Crippen LogP contribution in [0.15, 0.2) is 0 Å². The van der Waals surface area contributed by atoms with Crippen LogP contribution in [-0.2, 0) is 14.3 Å². The number of esters is 1. The molecule has 3 heteroatoms. The third-order valence-corrected chi connectivity index (χ3v) is 5.51. The van der Waals surface area contributed by atoms with Gasteiger partial charge in [0.15, 0.2) is 0 Å². The van der Waals surface area contributed by atoms with Crippen molar-refractivity contribution in [2.24, 2.45) is 29.6 Å². The highest BCUT2D eigenvalue weighted by Crippen LogP contribution is 2.50. The third kappa shape index (κ3) is 1.87. The van der Waals surface area contributed by atoms with Crippen LogP contribution in [-0.4, -0.2) is 18.4 Å². The lowest BCUT2D eigenvalue weighted by Gasteiger charge is -2.48. The van der Waals surface area contributed by atoms with E-state index in [0.29, 0.717) is 17.8 Å². The van der Waals surface area contributed by atoms with E-state index in [1.807, 2.05) is 6.92 Å². The summed E-state index contributed by atoms with van der Waals surface area (Å²) >= 11 is 0. The van der Waals surface area contributed by atoms with Crippen LogP contribution >= 0.6 is 0 Å². The van der Waals surface area contributed by atoms with E-state index >= 15 is 0 Å². The van der Waals surface area contributed by atoms with Gasteiger partial charge < -0.3 is 9.47 Å². The van der Waals surface area contributed by atoms with Crippen LogP contribution in [0.4, 0.5) is 0 Å². The summed E-state index contributed by atoms with van der Waals surface area (Å²) in [5, 5.41) is 0. The zero-order valence-electron chi connectivity index (χ0n) is 11.6. The molecule has 2 aliphatic heterocycles. The molecule has 0 aromatic heterocycles. The van der Waals surface area contributed by atoms with Crippen molar-refractivity contribution in [2.75, 3.05) is 0 Å². The van der Waals surface area contributed by atoms with E-state index in [4.69, 9.17) is 9.47 Å². The Morgan fingerprint density at radius 3 is 2.50 bits per heavy atom. The van der Waals surface area contributed by atoms with Gasteiger partial charge in [0.2, 0.25) is 6.29 Å². The van der Waals surface area contributed by atoms with E-state index in [0.717, 1.165) is 18.8 Å². The quantitative estimate of drug-likeness (QED) is 0.622. The van der Waals surface area contributed by atoms with Crippen LogP contribution < -0.4 is 0 Å². The average Bonchev–Trinajstić information content (AvgIpc) is 2.49. The van der Waals surface area contributed by atoms with Crippen molar-refractivity contribution in [1.82, 2.24) is 0 Å². The molecule has 0 amide bonds. The molecule has 3 fully saturated rings. The molecule has 2 saturated heterocycles. The van der Waals surface area contributed by atoms with Gasteiger partial charge in [0, 0.05) is 5.92 Å². The molecule has 0 aromatic carbocycles. The Morgan fingerprint density at radius 2 is 1.72 bits per heavy atom. The molecule has 0 aromatic rings. The van der Waals surface area contributed by atoms with Crippen LogP contribution in [0.5, 0.6) is 0 Å². The maximum atomic E-state index is 11.9. The second kappa shape index (κ2) is 4.52. The van der Waals surface area contributed by atoms with Crippen molar-refractivity contribution < 1.29 is 14.3 Å². The molecular formula is C15H24O3. The monoisotopic (exact) mass is 252 g/mol. The minimum atomic E-state index is -0.274. The first-order valence-corrected chi connectivity index (χ1v) is 7.44. The summed E-state index contributed by atoms with van der Waals surface area (Å²) in [5.41, 5.74) is 0. The molecule has 0 spiro atoms. The van der Waals surface area contributed by atoms with E-state index in [2.05, 4.69) is 13.8 Å². The first-order chi connectivity index (χ1) is 8.58. The third-order valence-electron chi connectivity index (χ3n) is 5.51. The van der Waals surface area contributed by atoms with Crippen LogP contribution in [0.1, 0.15) is 46.5 Å². The molecule has 1 aliphatic carbocycles. The van der Waals surface area contributed by atoms with Crippen LogP contribution in [0, 0.1) is 29.6 Å². The van der Waals surface area contributed by atoms with Crippen molar-refractivity contribution in [3.8, 4) is 0 Å². The second-order valence-electron chi connectivity index (χ2n) is 6.58. The molecular weight excluding hydrogens is 228 g/mol.